The highest BCUT2D eigenvalue weighted by molar-refractivity contribution is 5.67. The molecule has 0 aliphatic carbocycles. The molecule has 0 bridgehead atoms. The minimum absolute atomic E-state index is 0.123. The van der Waals surface area contributed by atoms with E-state index in [1.54, 1.807) is 14.2 Å². The Hall–Kier alpha value is -1.75. The van der Waals surface area contributed by atoms with Crippen LogP contribution < -0.4 is 14.6 Å². The van der Waals surface area contributed by atoms with Gasteiger partial charge in [-0.25, -0.2) is 0 Å². The van der Waals surface area contributed by atoms with Crippen LogP contribution in [-0.4, -0.2) is 33.4 Å². The van der Waals surface area contributed by atoms with E-state index in [9.17, 15) is 9.90 Å². The molecule has 0 fully saturated rings. The fourth-order valence-corrected chi connectivity index (χ4v) is 3.81. The van der Waals surface area contributed by atoms with Crippen molar-refractivity contribution in [3.63, 3.8) is 0 Å². The highest BCUT2D eigenvalue weighted by Gasteiger charge is 2.18. The number of aliphatic carboxylic acids is 1. The smallest absolute Gasteiger partial charge is 0.161 e. The van der Waals surface area contributed by atoms with E-state index in [2.05, 4.69) is 26.0 Å². The Balaban J connectivity index is 2.66. The lowest BCUT2D eigenvalue weighted by Crippen LogP contribution is -2.34. The normalized spacial score (nSPS) is 13.5. The Labute approximate surface area is 183 Å². The van der Waals surface area contributed by atoms with Crippen LogP contribution in [0.5, 0.6) is 11.5 Å². The maximum absolute atomic E-state index is 11.3. The molecular formula is C25H41O5-. The number of carbonyl (C=O) groups excluding carboxylic acids is 1. The van der Waals surface area contributed by atoms with Crippen LogP contribution in [0.4, 0.5) is 0 Å². The molecule has 0 saturated heterocycles. The Kier molecular flexibility index (Phi) is 12.5. The first kappa shape index (κ1) is 26.3. The molecule has 2 atom stereocenters. The van der Waals surface area contributed by atoms with Gasteiger partial charge in [-0.1, -0.05) is 46.6 Å². The third-order valence-electron chi connectivity index (χ3n) is 5.87. The van der Waals surface area contributed by atoms with Crippen molar-refractivity contribution < 1.29 is 24.1 Å². The quantitative estimate of drug-likeness (QED) is 0.367. The molecule has 0 radical (unpaired) electrons. The van der Waals surface area contributed by atoms with Gasteiger partial charge in [-0.05, 0) is 54.7 Å². The topological polar surface area (TPSA) is 67.8 Å². The molecule has 0 amide bonds. The van der Waals surface area contributed by atoms with E-state index in [1.165, 1.54) is 5.56 Å². The van der Waals surface area contributed by atoms with Gasteiger partial charge in [-0.3, -0.25) is 0 Å². The molecule has 1 rings (SSSR count). The summed E-state index contributed by atoms with van der Waals surface area (Å²) in [6.45, 7) is 9.69. The first-order valence-electron chi connectivity index (χ1n) is 11.3. The number of carboxylic acid groups (broad SMARTS) is 1. The van der Waals surface area contributed by atoms with Gasteiger partial charge in [0.2, 0.25) is 0 Å². The van der Waals surface area contributed by atoms with Crippen LogP contribution in [0.25, 0.3) is 0 Å². The number of hydrogen-bond donors (Lipinski definition) is 0. The summed E-state index contributed by atoms with van der Waals surface area (Å²) >= 11 is 0. The fourth-order valence-electron chi connectivity index (χ4n) is 3.81. The molecule has 0 heterocycles. The molecule has 0 spiro atoms. The summed E-state index contributed by atoms with van der Waals surface area (Å²) < 4.78 is 16.4. The Morgan fingerprint density at radius 2 is 1.63 bits per heavy atom. The molecule has 172 valence electrons. The zero-order chi connectivity index (χ0) is 22.5. The Morgan fingerprint density at radius 3 is 2.20 bits per heavy atom. The number of methoxy groups -OCH3 is 2. The molecular weight excluding hydrogens is 380 g/mol. The van der Waals surface area contributed by atoms with Crippen molar-refractivity contribution in [2.24, 2.45) is 23.7 Å². The van der Waals surface area contributed by atoms with Crippen LogP contribution >= 0.6 is 0 Å². The predicted octanol–water partition coefficient (Wildman–Crippen LogP) is 4.51. The summed E-state index contributed by atoms with van der Waals surface area (Å²) in [5, 5.41) is 11.3. The molecule has 1 aromatic rings. The molecule has 0 saturated carbocycles. The fraction of sp³-hybridized carbons (Fsp3) is 0.720. The van der Waals surface area contributed by atoms with Crippen molar-refractivity contribution in [3.8, 4) is 11.5 Å². The van der Waals surface area contributed by atoms with Crippen molar-refractivity contribution in [1.82, 2.24) is 0 Å². The third kappa shape index (κ3) is 9.38. The zero-order valence-corrected chi connectivity index (χ0v) is 19.7. The second-order valence-electron chi connectivity index (χ2n) is 8.84. The van der Waals surface area contributed by atoms with Gasteiger partial charge >= 0.3 is 0 Å². The maximum atomic E-state index is 11.3. The Morgan fingerprint density at radius 1 is 0.933 bits per heavy atom. The molecule has 5 heteroatoms. The second kappa shape index (κ2) is 14.3. The number of rotatable bonds is 16. The van der Waals surface area contributed by atoms with Crippen LogP contribution in [0.15, 0.2) is 18.2 Å². The van der Waals surface area contributed by atoms with Gasteiger partial charge in [-0.15, -0.1) is 0 Å². The average molecular weight is 422 g/mol. The zero-order valence-electron chi connectivity index (χ0n) is 19.7. The second-order valence-corrected chi connectivity index (χ2v) is 8.84. The lowest BCUT2D eigenvalue weighted by molar-refractivity contribution is -0.313. The highest BCUT2D eigenvalue weighted by Crippen LogP contribution is 2.31. The van der Waals surface area contributed by atoms with E-state index in [0.717, 1.165) is 43.6 Å². The van der Waals surface area contributed by atoms with E-state index < -0.39 is 5.97 Å². The summed E-state index contributed by atoms with van der Waals surface area (Å²) in [4.78, 5) is 11.3. The number of unbranched alkanes of at least 4 members (excludes halogenated alkanes) is 1. The van der Waals surface area contributed by atoms with Crippen molar-refractivity contribution in [2.75, 3.05) is 27.4 Å². The first-order chi connectivity index (χ1) is 14.3. The summed E-state index contributed by atoms with van der Waals surface area (Å²) in [7, 11) is 3.35. The number of ether oxygens (including phenoxy) is 3. The van der Waals surface area contributed by atoms with Crippen LogP contribution in [0, 0.1) is 23.7 Å². The van der Waals surface area contributed by atoms with Crippen molar-refractivity contribution >= 4 is 5.97 Å². The molecule has 0 aromatic heterocycles. The van der Waals surface area contributed by atoms with Crippen LogP contribution in [0.3, 0.4) is 0 Å². The predicted molar refractivity (Wildman–Crippen MR) is 119 cm³/mol. The molecule has 0 aliphatic heterocycles. The minimum atomic E-state index is -0.915. The van der Waals surface area contributed by atoms with Crippen molar-refractivity contribution in [1.29, 1.82) is 0 Å². The van der Waals surface area contributed by atoms with Crippen molar-refractivity contribution in [2.45, 2.75) is 66.2 Å². The lowest BCUT2D eigenvalue weighted by atomic mass is 9.84. The van der Waals surface area contributed by atoms with Crippen LogP contribution in [0.2, 0.25) is 0 Å². The molecule has 0 unspecified atom stereocenters. The van der Waals surface area contributed by atoms with Crippen molar-refractivity contribution in [3.05, 3.63) is 23.8 Å². The van der Waals surface area contributed by atoms with Gasteiger partial charge < -0.3 is 24.1 Å². The molecule has 0 aliphatic rings. The summed E-state index contributed by atoms with van der Waals surface area (Å²) in [6.07, 6.45) is 5.57. The summed E-state index contributed by atoms with van der Waals surface area (Å²) in [5.74, 6) is 1.49. The van der Waals surface area contributed by atoms with Crippen LogP contribution in [-0.2, 0) is 16.0 Å². The van der Waals surface area contributed by atoms with E-state index >= 15 is 0 Å². The third-order valence-corrected chi connectivity index (χ3v) is 5.87. The molecule has 30 heavy (non-hydrogen) atoms. The molecule has 0 N–H and O–H groups in total. The van der Waals surface area contributed by atoms with Gasteiger partial charge in [0, 0.05) is 32.0 Å². The first-order valence-corrected chi connectivity index (χ1v) is 11.3. The van der Waals surface area contributed by atoms with Gasteiger partial charge in [-0.2, -0.15) is 0 Å². The SMILES string of the molecule is COCCCOc1cc(C[C@@H](CCCC[C@H](C(=O)[O-])C(C)C)C(C)C)ccc1OC. The number of benzene rings is 1. The summed E-state index contributed by atoms with van der Waals surface area (Å²) in [5.41, 5.74) is 1.24. The monoisotopic (exact) mass is 421 g/mol. The standard InChI is InChI=1S/C25H42O5/c1-18(2)21(10-7-8-11-22(19(3)4)25(26)27)16-20-12-13-23(29-6)24(17-20)30-15-9-14-28-5/h12-13,17-19,21-22H,7-11,14-16H2,1-6H3,(H,26,27)/p-1/t21-,22+/m1/s1. The van der Waals surface area contributed by atoms with E-state index in [0.29, 0.717) is 31.5 Å². The number of hydrogen-bond acceptors (Lipinski definition) is 5. The van der Waals surface area contributed by atoms with Gasteiger partial charge in [0.25, 0.3) is 0 Å². The Bertz CT molecular complexity index is 612. The van der Waals surface area contributed by atoms with Gasteiger partial charge in [0.1, 0.15) is 0 Å². The highest BCUT2D eigenvalue weighted by atomic mass is 16.5. The van der Waals surface area contributed by atoms with Gasteiger partial charge in [0.15, 0.2) is 11.5 Å². The number of carbonyl (C=O) groups is 1. The largest absolute Gasteiger partial charge is 0.550 e. The molecule has 5 nitrogen and oxygen atoms in total. The van der Waals surface area contributed by atoms with E-state index in [1.807, 2.05) is 19.9 Å². The lowest BCUT2D eigenvalue weighted by Gasteiger charge is -2.24. The summed E-state index contributed by atoms with van der Waals surface area (Å²) in [6, 6.07) is 6.18. The van der Waals surface area contributed by atoms with E-state index in [4.69, 9.17) is 14.2 Å². The maximum Gasteiger partial charge on any atom is 0.161 e. The molecule has 1 aromatic carbocycles. The minimum Gasteiger partial charge on any atom is -0.550 e. The van der Waals surface area contributed by atoms with Gasteiger partial charge in [0.05, 0.1) is 13.7 Å². The van der Waals surface area contributed by atoms with Crippen LogP contribution in [0.1, 0.15) is 65.4 Å². The average Bonchev–Trinajstić information content (AvgIpc) is 2.69. The van der Waals surface area contributed by atoms with E-state index in [-0.39, 0.29) is 11.8 Å². The number of carboxylic acids is 1.